The average molecular weight is 229 g/mol. The number of hydrogen-bond acceptors (Lipinski definition) is 2. The zero-order chi connectivity index (χ0) is 12.3. The van der Waals surface area contributed by atoms with Gasteiger partial charge in [0.25, 0.3) is 0 Å². The van der Waals surface area contributed by atoms with E-state index in [9.17, 15) is 0 Å². The number of anilines is 1. The largest absolute Gasteiger partial charge is 0.388 e. The molecule has 0 aliphatic rings. The van der Waals surface area contributed by atoms with Crippen molar-refractivity contribution in [3.63, 3.8) is 0 Å². The molecule has 90 valence electrons. The van der Waals surface area contributed by atoms with E-state index in [0.717, 1.165) is 5.69 Å². The van der Waals surface area contributed by atoms with Gasteiger partial charge in [0, 0.05) is 24.6 Å². The predicted octanol–water partition coefficient (Wildman–Crippen LogP) is 2.71. The number of aromatic nitrogens is 1. The van der Waals surface area contributed by atoms with Crippen molar-refractivity contribution in [2.75, 3.05) is 26.5 Å². The van der Waals surface area contributed by atoms with Crippen molar-refractivity contribution in [2.24, 2.45) is 0 Å². The number of rotatable bonds is 4. The van der Waals surface area contributed by atoms with Gasteiger partial charge in [0.15, 0.2) is 0 Å². The van der Waals surface area contributed by atoms with Crippen LogP contribution in [0.4, 0.5) is 5.69 Å². The minimum atomic E-state index is 0.262. The summed E-state index contributed by atoms with van der Waals surface area (Å²) >= 11 is 0. The first-order valence-corrected chi connectivity index (χ1v) is 5.80. The van der Waals surface area contributed by atoms with Crippen molar-refractivity contribution in [2.45, 2.75) is 6.04 Å². The standard InChI is InChI=1S/C14H19N3/c1-15-12-7-4-6-11(10-12)14(17(2)3)13-8-5-9-16-13/h4-10,14-16H,1-3H3. The quantitative estimate of drug-likeness (QED) is 0.844. The van der Waals surface area contributed by atoms with Crippen LogP contribution in [0.25, 0.3) is 0 Å². The summed E-state index contributed by atoms with van der Waals surface area (Å²) < 4.78 is 0. The lowest BCUT2D eigenvalue weighted by Crippen LogP contribution is -2.21. The molecule has 2 rings (SSSR count). The topological polar surface area (TPSA) is 31.1 Å². The Labute approximate surface area is 102 Å². The fraction of sp³-hybridized carbons (Fsp3) is 0.286. The van der Waals surface area contributed by atoms with Crippen LogP contribution in [0.2, 0.25) is 0 Å². The van der Waals surface area contributed by atoms with Gasteiger partial charge in [0.05, 0.1) is 6.04 Å². The Hall–Kier alpha value is -1.74. The van der Waals surface area contributed by atoms with Crippen molar-refractivity contribution in [1.29, 1.82) is 0 Å². The van der Waals surface area contributed by atoms with Crippen molar-refractivity contribution in [3.8, 4) is 0 Å². The first-order valence-electron chi connectivity index (χ1n) is 5.80. The zero-order valence-electron chi connectivity index (χ0n) is 10.6. The van der Waals surface area contributed by atoms with Crippen LogP contribution >= 0.6 is 0 Å². The monoisotopic (exact) mass is 229 g/mol. The summed E-state index contributed by atoms with van der Waals surface area (Å²) in [5.74, 6) is 0. The second-order valence-corrected chi connectivity index (χ2v) is 4.37. The molecule has 3 nitrogen and oxygen atoms in total. The van der Waals surface area contributed by atoms with E-state index in [1.54, 1.807) is 0 Å². The Bertz CT molecular complexity index is 460. The SMILES string of the molecule is CNc1cccc(C(c2ccc[nH]2)N(C)C)c1. The van der Waals surface area contributed by atoms with Gasteiger partial charge in [-0.2, -0.15) is 0 Å². The number of aromatic amines is 1. The highest BCUT2D eigenvalue weighted by molar-refractivity contribution is 5.47. The molecule has 0 saturated heterocycles. The van der Waals surface area contributed by atoms with Crippen molar-refractivity contribution in [3.05, 3.63) is 53.9 Å². The van der Waals surface area contributed by atoms with E-state index < -0.39 is 0 Å². The third-order valence-corrected chi connectivity index (χ3v) is 2.92. The van der Waals surface area contributed by atoms with Gasteiger partial charge in [-0.1, -0.05) is 12.1 Å². The molecule has 1 aromatic heterocycles. The third-order valence-electron chi connectivity index (χ3n) is 2.92. The first kappa shape index (κ1) is 11.7. The normalized spacial score (nSPS) is 12.7. The highest BCUT2D eigenvalue weighted by Gasteiger charge is 2.17. The van der Waals surface area contributed by atoms with Gasteiger partial charge in [-0.25, -0.2) is 0 Å². The van der Waals surface area contributed by atoms with E-state index in [2.05, 4.69) is 59.6 Å². The zero-order valence-corrected chi connectivity index (χ0v) is 10.6. The summed E-state index contributed by atoms with van der Waals surface area (Å²) in [6.07, 6.45) is 1.97. The summed E-state index contributed by atoms with van der Waals surface area (Å²) in [6.45, 7) is 0. The van der Waals surface area contributed by atoms with E-state index in [1.165, 1.54) is 11.3 Å². The van der Waals surface area contributed by atoms with E-state index in [0.29, 0.717) is 0 Å². The van der Waals surface area contributed by atoms with E-state index in [4.69, 9.17) is 0 Å². The lowest BCUT2D eigenvalue weighted by molar-refractivity contribution is 0.337. The molecule has 0 aliphatic carbocycles. The highest BCUT2D eigenvalue weighted by atomic mass is 15.1. The molecule has 0 bridgehead atoms. The van der Waals surface area contributed by atoms with Crippen LogP contribution in [0.3, 0.4) is 0 Å². The van der Waals surface area contributed by atoms with E-state index in [-0.39, 0.29) is 6.04 Å². The smallest absolute Gasteiger partial charge is 0.0749 e. The van der Waals surface area contributed by atoms with Gasteiger partial charge in [-0.05, 0) is 43.9 Å². The summed E-state index contributed by atoms with van der Waals surface area (Å²) in [6, 6.07) is 12.9. The third kappa shape index (κ3) is 2.50. The molecule has 2 N–H and O–H groups in total. The molecule has 1 atom stereocenters. The van der Waals surface area contributed by atoms with Gasteiger partial charge < -0.3 is 10.3 Å². The maximum Gasteiger partial charge on any atom is 0.0749 e. The predicted molar refractivity (Wildman–Crippen MR) is 72.3 cm³/mol. The summed E-state index contributed by atoms with van der Waals surface area (Å²) in [7, 11) is 6.13. The first-order chi connectivity index (χ1) is 8.22. The molecule has 0 radical (unpaired) electrons. The minimum Gasteiger partial charge on any atom is -0.388 e. The number of benzene rings is 1. The molecule has 0 spiro atoms. The van der Waals surface area contributed by atoms with Gasteiger partial charge >= 0.3 is 0 Å². The number of nitrogens with zero attached hydrogens (tertiary/aromatic N) is 1. The molecule has 1 heterocycles. The van der Waals surface area contributed by atoms with Crippen LogP contribution in [0.1, 0.15) is 17.3 Å². The Morgan fingerprint density at radius 2 is 2.00 bits per heavy atom. The number of hydrogen-bond donors (Lipinski definition) is 2. The van der Waals surface area contributed by atoms with Crippen LogP contribution in [-0.4, -0.2) is 31.0 Å². The second kappa shape index (κ2) is 5.06. The number of H-pyrrole nitrogens is 1. The summed E-state index contributed by atoms with van der Waals surface area (Å²) in [4.78, 5) is 5.50. The fourth-order valence-electron chi connectivity index (χ4n) is 2.13. The lowest BCUT2D eigenvalue weighted by Gasteiger charge is -2.24. The van der Waals surface area contributed by atoms with Crippen molar-refractivity contribution < 1.29 is 0 Å². The van der Waals surface area contributed by atoms with Crippen molar-refractivity contribution in [1.82, 2.24) is 9.88 Å². The van der Waals surface area contributed by atoms with Crippen LogP contribution in [-0.2, 0) is 0 Å². The molecule has 0 saturated carbocycles. The minimum absolute atomic E-state index is 0.262. The summed E-state index contributed by atoms with van der Waals surface area (Å²) in [5, 5.41) is 3.18. The molecule has 0 amide bonds. The Morgan fingerprint density at radius 3 is 2.59 bits per heavy atom. The van der Waals surface area contributed by atoms with E-state index >= 15 is 0 Å². The lowest BCUT2D eigenvalue weighted by atomic mass is 10.0. The van der Waals surface area contributed by atoms with Gasteiger partial charge in [0.2, 0.25) is 0 Å². The Morgan fingerprint density at radius 1 is 1.18 bits per heavy atom. The van der Waals surface area contributed by atoms with Gasteiger partial charge in [-0.3, -0.25) is 4.90 Å². The molecule has 17 heavy (non-hydrogen) atoms. The summed E-state index contributed by atoms with van der Waals surface area (Å²) in [5.41, 5.74) is 3.63. The average Bonchev–Trinajstić information content (AvgIpc) is 2.83. The maximum atomic E-state index is 3.29. The van der Waals surface area contributed by atoms with Gasteiger partial charge in [-0.15, -0.1) is 0 Å². The highest BCUT2D eigenvalue weighted by Crippen LogP contribution is 2.26. The van der Waals surface area contributed by atoms with Crippen LogP contribution in [0, 0.1) is 0 Å². The van der Waals surface area contributed by atoms with Crippen LogP contribution in [0.15, 0.2) is 42.6 Å². The molecule has 2 aromatic rings. The maximum absolute atomic E-state index is 3.29. The molecule has 1 unspecified atom stereocenters. The number of nitrogens with one attached hydrogen (secondary N) is 2. The Kier molecular flexibility index (Phi) is 3.49. The molecule has 1 aromatic carbocycles. The molecular weight excluding hydrogens is 210 g/mol. The van der Waals surface area contributed by atoms with Crippen LogP contribution < -0.4 is 5.32 Å². The molecule has 0 fully saturated rings. The molecule has 0 aliphatic heterocycles. The second-order valence-electron chi connectivity index (χ2n) is 4.37. The van der Waals surface area contributed by atoms with Gasteiger partial charge in [0.1, 0.15) is 0 Å². The van der Waals surface area contributed by atoms with Crippen LogP contribution in [0.5, 0.6) is 0 Å². The molecule has 3 heteroatoms. The molecular formula is C14H19N3. The fourth-order valence-corrected chi connectivity index (χ4v) is 2.13. The Balaban J connectivity index is 2.39. The van der Waals surface area contributed by atoms with Crippen molar-refractivity contribution >= 4 is 5.69 Å². The van der Waals surface area contributed by atoms with E-state index in [1.807, 2.05) is 19.3 Å².